The maximum Gasteiger partial charge on any atom is 0.338 e. The van der Waals surface area contributed by atoms with E-state index in [1.807, 2.05) is 20.8 Å². The van der Waals surface area contributed by atoms with Gasteiger partial charge in [0.15, 0.2) is 6.10 Å². The van der Waals surface area contributed by atoms with Crippen molar-refractivity contribution in [1.29, 1.82) is 0 Å². The van der Waals surface area contributed by atoms with E-state index in [0.29, 0.717) is 19.6 Å². The quantitative estimate of drug-likeness (QED) is 0.637. The Balaban J connectivity index is 1.64. The summed E-state index contributed by atoms with van der Waals surface area (Å²) in [6.07, 6.45) is 1.62. The monoisotopic (exact) mass is 452 g/mol. The molecule has 0 bridgehead atoms. The molecule has 8 nitrogen and oxygen atoms in total. The topological polar surface area (TPSA) is 93.2 Å². The summed E-state index contributed by atoms with van der Waals surface area (Å²) in [6.45, 7) is 8.66. The summed E-state index contributed by atoms with van der Waals surface area (Å²) >= 11 is 0. The van der Waals surface area contributed by atoms with Gasteiger partial charge >= 0.3 is 5.97 Å². The summed E-state index contributed by atoms with van der Waals surface area (Å²) in [7, 11) is -3.61. The predicted octanol–water partition coefficient (Wildman–Crippen LogP) is 2.43. The molecular formula is C22H32N2O6S. The molecule has 3 rings (SSSR count). The van der Waals surface area contributed by atoms with Crippen molar-refractivity contribution in [1.82, 2.24) is 9.21 Å². The molecule has 0 aliphatic carbocycles. The molecule has 1 aromatic carbocycles. The highest BCUT2D eigenvalue weighted by Gasteiger charge is 2.32. The number of hydrogen-bond acceptors (Lipinski definition) is 6. The molecule has 172 valence electrons. The lowest BCUT2D eigenvalue weighted by Gasteiger charge is -2.36. The van der Waals surface area contributed by atoms with Gasteiger partial charge in [0.2, 0.25) is 10.0 Å². The third-order valence-corrected chi connectivity index (χ3v) is 7.83. The van der Waals surface area contributed by atoms with Crippen LogP contribution in [0.4, 0.5) is 0 Å². The van der Waals surface area contributed by atoms with Crippen LogP contribution in [0.25, 0.3) is 0 Å². The molecule has 1 aromatic rings. The van der Waals surface area contributed by atoms with Crippen LogP contribution in [0, 0.1) is 0 Å². The van der Waals surface area contributed by atoms with Gasteiger partial charge in [0.1, 0.15) is 0 Å². The lowest BCUT2D eigenvalue weighted by molar-refractivity contribution is -0.151. The Hall–Kier alpha value is -1.97. The zero-order chi connectivity index (χ0) is 22.8. The molecule has 2 aliphatic rings. The smallest absolute Gasteiger partial charge is 0.338 e. The average molecular weight is 453 g/mol. The molecule has 31 heavy (non-hydrogen) atoms. The third-order valence-electron chi connectivity index (χ3n) is 5.80. The zero-order valence-corrected chi connectivity index (χ0v) is 19.4. The highest BCUT2D eigenvalue weighted by molar-refractivity contribution is 7.89. The second kappa shape index (κ2) is 9.67. The first kappa shape index (κ1) is 23.7. The number of carbonyl (C=O) groups excluding carboxylic acids is 2. The van der Waals surface area contributed by atoms with Crippen LogP contribution in [-0.4, -0.2) is 73.5 Å². The standard InChI is InChI=1S/C22H32N2O6S/c1-15-7-5-6-12-24(15)31(27,28)20-10-8-19(9-11-20)22(26)30-18(4)21(25)23-13-16(2)29-17(3)14-23/h8-11,15-18H,5-7,12-14H2,1-4H3. The molecular weight excluding hydrogens is 420 g/mol. The van der Waals surface area contributed by atoms with Crippen molar-refractivity contribution in [2.24, 2.45) is 0 Å². The zero-order valence-electron chi connectivity index (χ0n) is 18.6. The number of benzene rings is 1. The van der Waals surface area contributed by atoms with E-state index in [2.05, 4.69) is 0 Å². The molecule has 1 amide bonds. The molecule has 4 unspecified atom stereocenters. The molecule has 0 spiro atoms. The van der Waals surface area contributed by atoms with E-state index in [1.54, 1.807) is 11.8 Å². The van der Waals surface area contributed by atoms with Crippen molar-refractivity contribution in [2.75, 3.05) is 19.6 Å². The van der Waals surface area contributed by atoms with E-state index in [9.17, 15) is 18.0 Å². The number of nitrogens with zero attached hydrogens (tertiary/aromatic N) is 2. The van der Waals surface area contributed by atoms with Gasteiger partial charge in [-0.05, 0) is 64.8 Å². The van der Waals surface area contributed by atoms with Gasteiger partial charge in [0.05, 0.1) is 22.7 Å². The molecule has 9 heteroatoms. The maximum absolute atomic E-state index is 12.9. The van der Waals surface area contributed by atoms with Crippen molar-refractivity contribution in [3.63, 3.8) is 0 Å². The highest BCUT2D eigenvalue weighted by Crippen LogP contribution is 2.25. The van der Waals surface area contributed by atoms with Crippen LogP contribution in [0.2, 0.25) is 0 Å². The molecule has 0 saturated carbocycles. The van der Waals surface area contributed by atoms with Gasteiger partial charge < -0.3 is 14.4 Å². The van der Waals surface area contributed by atoms with Gasteiger partial charge in [-0.3, -0.25) is 4.79 Å². The van der Waals surface area contributed by atoms with E-state index in [1.165, 1.54) is 28.6 Å². The molecule has 2 fully saturated rings. The Morgan fingerprint density at radius 3 is 2.26 bits per heavy atom. The molecule has 0 radical (unpaired) electrons. The van der Waals surface area contributed by atoms with Crippen LogP contribution in [0.15, 0.2) is 29.2 Å². The first-order valence-electron chi connectivity index (χ1n) is 10.9. The summed E-state index contributed by atoms with van der Waals surface area (Å²) in [4.78, 5) is 27.0. The maximum atomic E-state index is 12.9. The van der Waals surface area contributed by atoms with Crippen molar-refractivity contribution < 1.29 is 27.5 Å². The van der Waals surface area contributed by atoms with Crippen LogP contribution in [0.3, 0.4) is 0 Å². The first-order valence-corrected chi connectivity index (χ1v) is 12.3. The second-order valence-corrected chi connectivity index (χ2v) is 10.4. The number of carbonyl (C=O) groups is 2. The lowest BCUT2D eigenvalue weighted by Crippen LogP contribution is -2.51. The Labute approximate surface area is 184 Å². The fourth-order valence-corrected chi connectivity index (χ4v) is 5.92. The highest BCUT2D eigenvalue weighted by atomic mass is 32.2. The average Bonchev–Trinajstić information content (AvgIpc) is 2.72. The summed E-state index contributed by atoms with van der Waals surface area (Å²) in [6, 6.07) is 5.66. The van der Waals surface area contributed by atoms with Crippen LogP contribution < -0.4 is 0 Å². The molecule has 2 saturated heterocycles. The van der Waals surface area contributed by atoms with Gasteiger partial charge in [-0.1, -0.05) is 6.42 Å². The molecule has 2 aliphatic heterocycles. The predicted molar refractivity (Wildman–Crippen MR) is 115 cm³/mol. The Bertz CT molecular complexity index is 891. The molecule has 2 heterocycles. The van der Waals surface area contributed by atoms with Gasteiger partial charge in [-0.15, -0.1) is 0 Å². The van der Waals surface area contributed by atoms with E-state index in [0.717, 1.165) is 19.3 Å². The number of piperidine rings is 1. The Morgan fingerprint density at radius 1 is 1.06 bits per heavy atom. The number of sulfonamides is 1. The summed E-state index contributed by atoms with van der Waals surface area (Å²) in [5.41, 5.74) is 0.203. The fourth-order valence-electron chi connectivity index (χ4n) is 4.22. The number of amides is 1. The van der Waals surface area contributed by atoms with E-state index < -0.39 is 22.1 Å². The largest absolute Gasteiger partial charge is 0.449 e. The minimum atomic E-state index is -3.61. The van der Waals surface area contributed by atoms with Crippen LogP contribution in [-0.2, 0) is 24.3 Å². The third kappa shape index (κ3) is 5.45. The number of esters is 1. The fraction of sp³-hybridized carbons (Fsp3) is 0.636. The van der Waals surface area contributed by atoms with Crippen molar-refractivity contribution in [3.8, 4) is 0 Å². The number of hydrogen-bond donors (Lipinski definition) is 0. The summed E-state index contributed by atoms with van der Waals surface area (Å²) in [5.74, 6) is -0.931. The number of morpholine rings is 1. The van der Waals surface area contributed by atoms with Gasteiger partial charge in [-0.25, -0.2) is 13.2 Å². The second-order valence-electron chi connectivity index (χ2n) is 8.53. The summed E-state index contributed by atoms with van der Waals surface area (Å²) < 4.78 is 38.4. The number of ether oxygens (including phenoxy) is 2. The van der Waals surface area contributed by atoms with Crippen LogP contribution in [0.5, 0.6) is 0 Å². The first-order chi connectivity index (χ1) is 14.6. The van der Waals surface area contributed by atoms with Gasteiger partial charge in [0, 0.05) is 25.7 Å². The van der Waals surface area contributed by atoms with E-state index >= 15 is 0 Å². The van der Waals surface area contributed by atoms with E-state index in [-0.39, 0.29) is 34.6 Å². The molecule has 4 atom stereocenters. The normalized spacial score (nSPS) is 26.3. The van der Waals surface area contributed by atoms with Crippen molar-refractivity contribution in [2.45, 2.75) is 76.2 Å². The summed E-state index contributed by atoms with van der Waals surface area (Å²) in [5, 5.41) is 0. The van der Waals surface area contributed by atoms with Crippen LogP contribution >= 0.6 is 0 Å². The minimum absolute atomic E-state index is 0.0409. The molecule has 0 N–H and O–H groups in total. The van der Waals surface area contributed by atoms with E-state index in [4.69, 9.17) is 9.47 Å². The number of rotatable bonds is 5. The SMILES string of the molecule is CC1CN(C(=O)C(C)OC(=O)c2ccc(S(=O)(=O)N3CCCCC3C)cc2)CC(C)O1. The molecule has 0 aromatic heterocycles. The Morgan fingerprint density at radius 2 is 1.68 bits per heavy atom. The van der Waals surface area contributed by atoms with Gasteiger partial charge in [-0.2, -0.15) is 4.31 Å². The lowest BCUT2D eigenvalue weighted by atomic mass is 10.1. The Kier molecular flexibility index (Phi) is 7.39. The van der Waals surface area contributed by atoms with Crippen LogP contribution in [0.1, 0.15) is 57.3 Å². The van der Waals surface area contributed by atoms with Crippen molar-refractivity contribution >= 4 is 21.9 Å². The minimum Gasteiger partial charge on any atom is -0.449 e. The van der Waals surface area contributed by atoms with Gasteiger partial charge in [0.25, 0.3) is 5.91 Å². The van der Waals surface area contributed by atoms with Crippen molar-refractivity contribution in [3.05, 3.63) is 29.8 Å².